The van der Waals surface area contributed by atoms with Gasteiger partial charge in [-0.1, -0.05) is 13.3 Å². The maximum absolute atomic E-state index is 12.0. The molecule has 1 fully saturated rings. The van der Waals surface area contributed by atoms with E-state index in [1.807, 2.05) is 6.92 Å². The Bertz CT molecular complexity index is 650. The van der Waals surface area contributed by atoms with Gasteiger partial charge in [0.15, 0.2) is 0 Å². The van der Waals surface area contributed by atoms with Crippen molar-refractivity contribution in [3.63, 3.8) is 0 Å². The molecule has 3 unspecified atom stereocenters. The first-order chi connectivity index (χ1) is 11.5. The SMILES string of the molecule is CCS(=O)C1CCCC(Nc2ccc(C(=O)NC)cc2[N+](=O)[O-])C1. The van der Waals surface area contributed by atoms with Gasteiger partial charge in [-0.15, -0.1) is 0 Å². The molecule has 2 rings (SSSR count). The molecule has 1 saturated carbocycles. The molecule has 1 aliphatic rings. The number of nitro benzene ring substituents is 1. The van der Waals surface area contributed by atoms with E-state index in [-0.39, 0.29) is 28.4 Å². The lowest BCUT2D eigenvalue weighted by atomic mass is 9.94. The largest absolute Gasteiger partial charge is 0.377 e. The van der Waals surface area contributed by atoms with E-state index in [0.717, 1.165) is 25.7 Å². The lowest BCUT2D eigenvalue weighted by molar-refractivity contribution is -0.384. The molecule has 0 heterocycles. The molecule has 1 aromatic carbocycles. The highest BCUT2D eigenvalue weighted by molar-refractivity contribution is 7.85. The maximum Gasteiger partial charge on any atom is 0.293 e. The number of anilines is 1. The Morgan fingerprint density at radius 1 is 1.42 bits per heavy atom. The molecule has 0 aromatic heterocycles. The van der Waals surface area contributed by atoms with Crippen molar-refractivity contribution < 1.29 is 13.9 Å². The fourth-order valence-corrected chi connectivity index (χ4v) is 4.41. The molecule has 3 atom stereocenters. The smallest absolute Gasteiger partial charge is 0.293 e. The monoisotopic (exact) mass is 353 g/mol. The van der Waals surface area contributed by atoms with Crippen LogP contribution in [0.3, 0.4) is 0 Å². The fraction of sp³-hybridized carbons (Fsp3) is 0.562. The highest BCUT2D eigenvalue weighted by Gasteiger charge is 2.27. The fourth-order valence-electron chi connectivity index (χ4n) is 3.06. The van der Waals surface area contributed by atoms with Crippen LogP contribution < -0.4 is 10.6 Å². The summed E-state index contributed by atoms with van der Waals surface area (Å²) in [6.45, 7) is 1.91. The molecule has 1 aliphatic carbocycles. The van der Waals surface area contributed by atoms with E-state index in [2.05, 4.69) is 10.6 Å². The number of nitrogens with one attached hydrogen (secondary N) is 2. The van der Waals surface area contributed by atoms with Gasteiger partial charge in [-0.2, -0.15) is 0 Å². The number of hydrogen-bond acceptors (Lipinski definition) is 5. The van der Waals surface area contributed by atoms with E-state index >= 15 is 0 Å². The van der Waals surface area contributed by atoms with Crippen LogP contribution in [0.2, 0.25) is 0 Å². The van der Waals surface area contributed by atoms with Crippen LogP contribution in [-0.2, 0) is 10.8 Å². The van der Waals surface area contributed by atoms with Crippen LogP contribution in [0.1, 0.15) is 43.0 Å². The second-order valence-corrected chi connectivity index (χ2v) is 7.87. The number of benzene rings is 1. The Labute approximate surface area is 143 Å². The van der Waals surface area contributed by atoms with Crippen LogP contribution in [0.5, 0.6) is 0 Å². The van der Waals surface area contributed by atoms with Gasteiger partial charge < -0.3 is 10.6 Å². The molecular formula is C16H23N3O4S. The van der Waals surface area contributed by atoms with Crippen LogP contribution in [0.4, 0.5) is 11.4 Å². The number of nitrogens with zero attached hydrogens (tertiary/aromatic N) is 1. The van der Waals surface area contributed by atoms with Gasteiger partial charge in [-0.25, -0.2) is 0 Å². The average molecular weight is 353 g/mol. The molecule has 1 amide bonds. The zero-order valence-corrected chi connectivity index (χ0v) is 14.7. The minimum Gasteiger partial charge on any atom is -0.377 e. The molecular weight excluding hydrogens is 330 g/mol. The van der Waals surface area contributed by atoms with Crippen molar-refractivity contribution in [3.05, 3.63) is 33.9 Å². The first-order valence-electron chi connectivity index (χ1n) is 8.10. The maximum atomic E-state index is 12.0. The van der Waals surface area contributed by atoms with Gasteiger partial charge >= 0.3 is 0 Å². The molecule has 0 bridgehead atoms. The minimum atomic E-state index is -0.844. The van der Waals surface area contributed by atoms with E-state index in [4.69, 9.17) is 0 Å². The molecule has 24 heavy (non-hydrogen) atoms. The van der Waals surface area contributed by atoms with E-state index in [9.17, 15) is 19.1 Å². The van der Waals surface area contributed by atoms with Gasteiger partial charge in [-0.05, 0) is 31.4 Å². The van der Waals surface area contributed by atoms with Gasteiger partial charge in [0.05, 0.1) is 4.92 Å². The predicted molar refractivity (Wildman–Crippen MR) is 94.8 cm³/mol. The normalized spacial score (nSPS) is 21.8. The van der Waals surface area contributed by atoms with Crippen LogP contribution in [0.15, 0.2) is 18.2 Å². The van der Waals surface area contributed by atoms with Gasteiger partial charge in [-0.3, -0.25) is 19.1 Å². The summed E-state index contributed by atoms with van der Waals surface area (Å²) in [5.74, 6) is 0.277. The number of carbonyl (C=O) groups is 1. The van der Waals surface area contributed by atoms with Crippen molar-refractivity contribution in [3.8, 4) is 0 Å². The van der Waals surface area contributed by atoms with Crippen molar-refractivity contribution in [1.29, 1.82) is 0 Å². The van der Waals surface area contributed by atoms with Crippen molar-refractivity contribution >= 4 is 28.1 Å². The predicted octanol–water partition coefficient (Wildman–Crippen LogP) is 2.45. The Kier molecular flexibility index (Phi) is 6.30. The average Bonchev–Trinajstić information content (AvgIpc) is 2.60. The Balaban J connectivity index is 2.18. The summed E-state index contributed by atoms with van der Waals surface area (Å²) in [5.41, 5.74) is 0.541. The second-order valence-electron chi connectivity index (χ2n) is 5.87. The molecule has 7 nitrogen and oxygen atoms in total. The third kappa shape index (κ3) is 4.31. The third-order valence-corrected chi connectivity index (χ3v) is 6.07. The molecule has 0 aliphatic heterocycles. The quantitative estimate of drug-likeness (QED) is 0.604. The number of amides is 1. The molecule has 2 N–H and O–H groups in total. The summed E-state index contributed by atoms with van der Waals surface area (Å²) in [6, 6.07) is 4.48. The van der Waals surface area contributed by atoms with Gasteiger partial charge in [0.2, 0.25) is 0 Å². The lowest BCUT2D eigenvalue weighted by Gasteiger charge is -2.29. The highest BCUT2D eigenvalue weighted by atomic mass is 32.2. The van der Waals surface area contributed by atoms with Crippen LogP contribution in [0, 0.1) is 10.1 Å². The summed E-state index contributed by atoms with van der Waals surface area (Å²) in [4.78, 5) is 22.5. The zero-order valence-electron chi connectivity index (χ0n) is 13.9. The number of rotatable bonds is 6. The molecule has 1 aromatic rings. The van der Waals surface area contributed by atoms with E-state index in [0.29, 0.717) is 11.4 Å². The molecule has 0 spiro atoms. The number of hydrogen-bond donors (Lipinski definition) is 2. The Morgan fingerprint density at radius 2 is 2.17 bits per heavy atom. The van der Waals surface area contributed by atoms with Crippen LogP contribution in [-0.4, -0.2) is 39.1 Å². The summed E-state index contributed by atoms with van der Waals surface area (Å²) in [5, 5.41) is 17.1. The first-order valence-corrected chi connectivity index (χ1v) is 9.48. The minimum absolute atomic E-state index is 0.0591. The van der Waals surface area contributed by atoms with E-state index in [1.165, 1.54) is 13.1 Å². The Morgan fingerprint density at radius 3 is 2.79 bits per heavy atom. The van der Waals surface area contributed by atoms with Gasteiger partial charge in [0.1, 0.15) is 5.69 Å². The first kappa shape index (κ1) is 18.4. The highest BCUT2D eigenvalue weighted by Crippen LogP contribution is 2.30. The van der Waals surface area contributed by atoms with Gasteiger partial charge in [0, 0.05) is 46.5 Å². The lowest BCUT2D eigenvalue weighted by Crippen LogP contribution is -2.33. The van der Waals surface area contributed by atoms with Crippen molar-refractivity contribution in [2.75, 3.05) is 18.1 Å². The van der Waals surface area contributed by atoms with Crippen LogP contribution in [0.25, 0.3) is 0 Å². The molecule has 132 valence electrons. The van der Waals surface area contributed by atoms with Crippen molar-refractivity contribution in [2.45, 2.75) is 43.9 Å². The summed E-state index contributed by atoms with van der Waals surface area (Å²) in [7, 11) is 0.638. The topological polar surface area (TPSA) is 101 Å². The molecule has 0 saturated heterocycles. The van der Waals surface area contributed by atoms with E-state index in [1.54, 1.807) is 12.1 Å². The van der Waals surface area contributed by atoms with Gasteiger partial charge in [0.25, 0.3) is 11.6 Å². The standard InChI is InChI=1S/C16H23N3O4S/c1-3-24(23)13-6-4-5-12(10-13)18-14-8-7-11(16(20)17-2)9-15(14)19(21)22/h7-9,12-13,18H,3-6,10H2,1-2H3,(H,17,20). The summed E-state index contributed by atoms with van der Waals surface area (Å²) >= 11 is 0. The number of carbonyl (C=O) groups excluding carboxylic acids is 1. The molecule has 0 radical (unpaired) electrons. The van der Waals surface area contributed by atoms with E-state index < -0.39 is 15.7 Å². The van der Waals surface area contributed by atoms with Crippen LogP contribution >= 0.6 is 0 Å². The molecule has 8 heteroatoms. The number of nitro groups is 1. The third-order valence-electron chi connectivity index (χ3n) is 4.33. The Hall–Kier alpha value is -1.96. The van der Waals surface area contributed by atoms with Crippen molar-refractivity contribution in [1.82, 2.24) is 5.32 Å². The summed E-state index contributed by atoms with van der Waals surface area (Å²) in [6.07, 6.45) is 3.54. The summed E-state index contributed by atoms with van der Waals surface area (Å²) < 4.78 is 12.0. The zero-order chi connectivity index (χ0) is 17.7. The second kappa shape index (κ2) is 8.23. The van der Waals surface area contributed by atoms with Crippen molar-refractivity contribution in [2.24, 2.45) is 0 Å².